The molecule has 0 N–H and O–H groups in total. The molecule has 0 radical (unpaired) electrons. The molecule has 0 spiro atoms. The Labute approximate surface area is 197 Å². The maximum Gasteiger partial charge on any atom is 0.339 e. The van der Waals surface area contributed by atoms with E-state index in [-0.39, 0.29) is 12.5 Å². The molecule has 0 fully saturated rings. The van der Waals surface area contributed by atoms with Crippen molar-refractivity contribution in [3.05, 3.63) is 101 Å². The number of carbonyl (C=O) groups excluding carboxylic acids is 2. The molecule has 5 nitrogen and oxygen atoms in total. The Morgan fingerprint density at radius 2 is 1.70 bits per heavy atom. The number of esters is 1. The second kappa shape index (κ2) is 9.84. The first-order chi connectivity index (χ1) is 15.9. The third-order valence-electron chi connectivity index (χ3n) is 5.45. The van der Waals surface area contributed by atoms with Crippen LogP contribution in [0.15, 0.2) is 78.9 Å². The molecule has 0 saturated heterocycles. The van der Waals surface area contributed by atoms with Crippen LogP contribution in [0.5, 0.6) is 0 Å². The molecule has 166 valence electrons. The molecule has 1 aromatic heterocycles. The minimum atomic E-state index is -0.559. The fraction of sp³-hybridized carbons (Fsp3) is 0.148. The molecule has 6 heteroatoms. The summed E-state index contributed by atoms with van der Waals surface area (Å²) in [5.41, 5.74) is 4.19. The van der Waals surface area contributed by atoms with Gasteiger partial charge in [-0.05, 0) is 36.2 Å². The summed E-state index contributed by atoms with van der Waals surface area (Å²) >= 11 is 6.18. The van der Waals surface area contributed by atoms with Gasteiger partial charge in [0, 0.05) is 29.6 Å². The highest BCUT2D eigenvalue weighted by molar-refractivity contribution is 6.30. The van der Waals surface area contributed by atoms with Gasteiger partial charge in [-0.25, -0.2) is 9.78 Å². The number of fused-ring (bicyclic) bond motifs is 1. The summed E-state index contributed by atoms with van der Waals surface area (Å²) < 4.78 is 5.47. The highest BCUT2D eigenvalue weighted by Crippen LogP contribution is 2.31. The van der Waals surface area contributed by atoms with Crippen LogP contribution >= 0.6 is 11.6 Å². The fourth-order valence-corrected chi connectivity index (χ4v) is 3.93. The molecular formula is C27H23ClN2O3. The predicted octanol–water partition coefficient (Wildman–Crippen LogP) is 5.68. The Kier molecular flexibility index (Phi) is 6.71. The summed E-state index contributed by atoms with van der Waals surface area (Å²) in [5, 5.41) is 1.26. The lowest BCUT2D eigenvalue weighted by molar-refractivity contribution is -0.133. The lowest BCUT2D eigenvalue weighted by Gasteiger charge is -2.18. The maximum absolute atomic E-state index is 13.2. The third-order valence-corrected chi connectivity index (χ3v) is 5.69. The summed E-state index contributed by atoms with van der Waals surface area (Å²) in [6.45, 7) is 1.92. The van der Waals surface area contributed by atoms with Crippen LogP contribution in [0.4, 0.5) is 0 Å². The lowest BCUT2D eigenvalue weighted by Crippen LogP contribution is -2.31. The molecule has 0 aliphatic carbocycles. The molecule has 0 aliphatic heterocycles. The van der Waals surface area contributed by atoms with E-state index in [1.807, 2.05) is 79.7 Å². The number of pyridine rings is 1. The zero-order valence-corrected chi connectivity index (χ0v) is 19.2. The summed E-state index contributed by atoms with van der Waals surface area (Å²) in [7, 11) is 1.69. The second-order valence-electron chi connectivity index (χ2n) is 7.80. The number of aromatic nitrogens is 1. The number of carbonyl (C=O) groups is 2. The largest absolute Gasteiger partial charge is 0.452 e. The van der Waals surface area contributed by atoms with Crippen LogP contribution < -0.4 is 0 Å². The van der Waals surface area contributed by atoms with Crippen molar-refractivity contribution in [1.82, 2.24) is 9.88 Å². The number of hydrogen-bond donors (Lipinski definition) is 0. The second-order valence-corrected chi connectivity index (χ2v) is 8.24. The van der Waals surface area contributed by atoms with Gasteiger partial charge in [-0.15, -0.1) is 0 Å². The van der Waals surface area contributed by atoms with E-state index in [4.69, 9.17) is 21.3 Å². The number of nitrogens with zero attached hydrogens (tertiary/aromatic N) is 2. The molecule has 0 atom stereocenters. The number of rotatable bonds is 6. The van der Waals surface area contributed by atoms with E-state index in [0.717, 1.165) is 11.1 Å². The van der Waals surface area contributed by atoms with Crippen molar-refractivity contribution in [3.8, 4) is 11.3 Å². The quantitative estimate of drug-likeness (QED) is 0.349. The van der Waals surface area contributed by atoms with E-state index in [9.17, 15) is 9.59 Å². The Hall–Kier alpha value is -3.70. The van der Waals surface area contributed by atoms with E-state index >= 15 is 0 Å². The normalized spacial score (nSPS) is 10.8. The van der Waals surface area contributed by atoms with E-state index in [2.05, 4.69) is 0 Å². The molecule has 1 heterocycles. The average molecular weight is 459 g/mol. The summed E-state index contributed by atoms with van der Waals surface area (Å²) in [6.07, 6.45) is 0. The van der Waals surface area contributed by atoms with Crippen molar-refractivity contribution >= 4 is 34.4 Å². The van der Waals surface area contributed by atoms with Gasteiger partial charge >= 0.3 is 5.97 Å². The maximum atomic E-state index is 13.2. The molecule has 0 saturated carbocycles. The highest BCUT2D eigenvalue weighted by atomic mass is 35.5. The topological polar surface area (TPSA) is 59.5 Å². The summed E-state index contributed by atoms with van der Waals surface area (Å²) in [4.78, 5) is 32.0. The van der Waals surface area contributed by atoms with Crippen molar-refractivity contribution in [1.29, 1.82) is 0 Å². The van der Waals surface area contributed by atoms with Crippen LogP contribution in [0.3, 0.4) is 0 Å². The van der Waals surface area contributed by atoms with Gasteiger partial charge in [-0.2, -0.15) is 0 Å². The predicted molar refractivity (Wildman–Crippen MR) is 130 cm³/mol. The van der Waals surface area contributed by atoms with Crippen molar-refractivity contribution in [3.63, 3.8) is 0 Å². The molecule has 0 unspecified atom stereocenters. The number of ether oxygens (including phenoxy) is 1. The number of para-hydroxylation sites is 1. The molecule has 33 heavy (non-hydrogen) atoms. The number of halogens is 1. The Morgan fingerprint density at radius 1 is 0.970 bits per heavy atom. The average Bonchev–Trinajstić information content (AvgIpc) is 2.82. The van der Waals surface area contributed by atoms with Crippen molar-refractivity contribution < 1.29 is 14.3 Å². The van der Waals surface area contributed by atoms with Crippen molar-refractivity contribution in [2.75, 3.05) is 13.7 Å². The van der Waals surface area contributed by atoms with Crippen LogP contribution in [-0.4, -0.2) is 35.4 Å². The molecule has 4 rings (SSSR count). The zero-order chi connectivity index (χ0) is 23.4. The standard InChI is InChI=1S/C27H23ClN2O3/c1-18-25(27(32)33-17-24(31)30(2)16-19-9-4-3-5-10-19)22-13-6-7-14-23(22)29-26(18)20-11-8-12-21(28)15-20/h3-15H,16-17H2,1-2H3. The molecule has 1 amide bonds. The van der Waals surface area contributed by atoms with Crippen LogP contribution in [0.2, 0.25) is 5.02 Å². The first kappa shape index (κ1) is 22.5. The van der Waals surface area contributed by atoms with E-state index in [1.165, 1.54) is 4.90 Å². The minimum absolute atomic E-state index is 0.279. The van der Waals surface area contributed by atoms with E-state index < -0.39 is 5.97 Å². The SMILES string of the molecule is Cc1c(-c2cccc(Cl)c2)nc2ccccc2c1C(=O)OCC(=O)N(C)Cc1ccccc1. The first-order valence-corrected chi connectivity index (χ1v) is 10.9. The van der Waals surface area contributed by atoms with Gasteiger partial charge in [-0.3, -0.25) is 4.79 Å². The number of likely N-dealkylation sites (N-methyl/N-ethyl adjacent to an activating group) is 1. The Balaban J connectivity index is 1.60. The summed E-state index contributed by atoms with van der Waals surface area (Å²) in [6, 6.07) is 24.4. The van der Waals surface area contributed by atoms with Crippen LogP contribution in [0.1, 0.15) is 21.5 Å². The van der Waals surface area contributed by atoms with Crippen LogP contribution in [-0.2, 0) is 16.1 Å². The van der Waals surface area contributed by atoms with Gasteiger partial charge in [0.1, 0.15) is 0 Å². The van der Waals surface area contributed by atoms with Gasteiger partial charge in [0.2, 0.25) is 0 Å². The van der Waals surface area contributed by atoms with E-state index in [1.54, 1.807) is 13.1 Å². The third kappa shape index (κ3) is 5.04. The molecule has 4 aromatic rings. The molecule has 3 aromatic carbocycles. The van der Waals surface area contributed by atoms with Gasteiger partial charge in [0.25, 0.3) is 5.91 Å². The minimum Gasteiger partial charge on any atom is -0.452 e. The smallest absolute Gasteiger partial charge is 0.339 e. The van der Waals surface area contributed by atoms with Crippen LogP contribution in [0, 0.1) is 6.92 Å². The fourth-order valence-electron chi connectivity index (χ4n) is 3.74. The van der Waals surface area contributed by atoms with Gasteiger partial charge in [0.15, 0.2) is 6.61 Å². The molecular weight excluding hydrogens is 436 g/mol. The molecule has 0 aliphatic rings. The van der Waals surface area contributed by atoms with E-state index in [0.29, 0.717) is 39.3 Å². The van der Waals surface area contributed by atoms with Crippen molar-refractivity contribution in [2.45, 2.75) is 13.5 Å². The Morgan fingerprint density at radius 3 is 2.45 bits per heavy atom. The first-order valence-electron chi connectivity index (χ1n) is 10.5. The number of benzene rings is 3. The number of hydrogen-bond acceptors (Lipinski definition) is 4. The summed E-state index contributed by atoms with van der Waals surface area (Å²) in [5.74, 6) is -0.839. The number of amides is 1. The van der Waals surface area contributed by atoms with Gasteiger partial charge < -0.3 is 9.64 Å². The molecule has 0 bridgehead atoms. The Bertz CT molecular complexity index is 1320. The van der Waals surface area contributed by atoms with Gasteiger partial charge in [0.05, 0.1) is 16.8 Å². The lowest BCUT2D eigenvalue weighted by atomic mass is 9.98. The monoisotopic (exact) mass is 458 g/mol. The zero-order valence-electron chi connectivity index (χ0n) is 18.4. The van der Waals surface area contributed by atoms with Crippen molar-refractivity contribution in [2.24, 2.45) is 0 Å². The van der Waals surface area contributed by atoms with Gasteiger partial charge in [-0.1, -0.05) is 72.3 Å². The highest BCUT2D eigenvalue weighted by Gasteiger charge is 2.21. The van der Waals surface area contributed by atoms with Crippen LogP contribution in [0.25, 0.3) is 22.2 Å².